The Bertz CT molecular complexity index is 735. The van der Waals surface area contributed by atoms with Crippen LogP contribution in [0.25, 0.3) is 0 Å². The van der Waals surface area contributed by atoms with Crippen molar-refractivity contribution in [3.63, 3.8) is 0 Å². The first kappa shape index (κ1) is 19.0. The second-order valence-electron chi connectivity index (χ2n) is 5.59. The van der Waals surface area contributed by atoms with E-state index in [4.69, 9.17) is 16.3 Å². The van der Waals surface area contributed by atoms with E-state index in [1.165, 1.54) is 12.1 Å². The number of likely N-dealkylation sites (N-methyl/N-ethyl adjacent to an activating group) is 1. The van der Waals surface area contributed by atoms with Crippen LogP contribution in [-0.2, 0) is 11.3 Å². The van der Waals surface area contributed by atoms with Crippen LogP contribution in [0.3, 0.4) is 0 Å². The van der Waals surface area contributed by atoms with Crippen LogP contribution in [0.1, 0.15) is 5.56 Å². The van der Waals surface area contributed by atoms with Gasteiger partial charge in [0, 0.05) is 6.54 Å². The van der Waals surface area contributed by atoms with Crippen LogP contribution in [0.4, 0.5) is 10.1 Å². The van der Waals surface area contributed by atoms with Gasteiger partial charge in [0.2, 0.25) is 5.91 Å². The number of carbonyl (C=O) groups excluding carboxylic acids is 1. The second-order valence-corrected chi connectivity index (χ2v) is 6.00. The number of anilines is 1. The summed E-state index contributed by atoms with van der Waals surface area (Å²) in [5.41, 5.74) is 1.45. The molecule has 0 aliphatic rings. The Morgan fingerprint density at radius 3 is 2.68 bits per heavy atom. The van der Waals surface area contributed by atoms with Gasteiger partial charge in [0.05, 0.1) is 17.3 Å². The molecule has 1 amide bonds. The van der Waals surface area contributed by atoms with Crippen LogP contribution >= 0.6 is 11.6 Å². The van der Waals surface area contributed by atoms with E-state index in [1.807, 2.05) is 36.2 Å². The maximum absolute atomic E-state index is 13.0. The number of hydrogen-bond acceptors (Lipinski definition) is 3. The lowest BCUT2D eigenvalue weighted by atomic mass is 10.2. The van der Waals surface area contributed by atoms with Crippen LogP contribution in [0, 0.1) is 5.82 Å². The summed E-state index contributed by atoms with van der Waals surface area (Å²) in [6.45, 7) is 4.85. The molecule has 0 radical (unpaired) electrons. The SMILES string of the molecule is C=CCOc1ccc(CN(C)CC(=O)Nc2ccc(F)cc2Cl)cc1. The minimum Gasteiger partial charge on any atom is -0.490 e. The van der Waals surface area contributed by atoms with Crippen LogP contribution < -0.4 is 10.1 Å². The third-order valence-corrected chi connectivity index (χ3v) is 3.68. The number of rotatable bonds is 8. The molecular weight excluding hydrogens is 343 g/mol. The zero-order chi connectivity index (χ0) is 18.2. The average molecular weight is 363 g/mol. The molecule has 0 spiro atoms. The van der Waals surface area contributed by atoms with Crippen molar-refractivity contribution >= 4 is 23.2 Å². The predicted octanol–water partition coefficient (Wildman–Crippen LogP) is 4.11. The molecule has 0 fully saturated rings. The summed E-state index contributed by atoms with van der Waals surface area (Å²) in [7, 11) is 1.84. The van der Waals surface area contributed by atoms with Crippen molar-refractivity contribution in [2.75, 3.05) is 25.5 Å². The number of nitrogens with zero attached hydrogens (tertiary/aromatic N) is 1. The summed E-state index contributed by atoms with van der Waals surface area (Å²) < 4.78 is 18.4. The van der Waals surface area contributed by atoms with Gasteiger partial charge in [-0.15, -0.1) is 0 Å². The molecule has 2 rings (SSSR count). The summed E-state index contributed by atoms with van der Waals surface area (Å²) in [5, 5.41) is 2.85. The average Bonchev–Trinajstić information content (AvgIpc) is 2.56. The van der Waals surface area contributed by atoms with Crippen molar-refractivity contribution < 1.29 is 13.9 Å². The monoisotopic (exact) mass is 362 g/mol. The molecule has 0 aliphatic heterocycles. The zero-order valence-electron chi connectivity index (χ0n) is 14.0. The van der Waals surface area contributed by atoms with Crippen LogP contribution in [0.15, 0.2) is 55.1 Å². The lowest BCUT2D eigenvalue weighted by Crippen LogP contribution is -2.29. The summed E-state index contributed by atoms with van der Waals surface area (Å²) in [4.78, 5) is 14.0. The van der Waals surface area contributed by atoms with E-state index < -0.39 is 5.82 Å². The fraction of sp³-hybridized carbons (Fsp3) is 0.211. The first-order valence-corrected chi connectivity index (χ1v) is 8.12. The summed E-state index contributed by atoms with van der Waals surface area (Å²) in [5.74, 6) is 0.109. The normalized spacial score (nSPS) is 10.6. The first-order chi connectivity index (χ1) is 12.0. The highest BCUT2D eigenvalue weighted by atomic mass is 35.5. The van der Waals surface area contributed by atoms with Gasteiger partial charge in [0.25, 0.3) is 0 Å². The third kappa shape index (κ3) is 6.21. The van der Waals surface area contributed by atoms with Crippen LogP contribution in [0.2, 0.25) is 5.02 Å². The Morgan fingerprint density at radius 1 is 1.32 bits per heavy atom. The highest BCUT2D eigenvalue weighted by molar-refractivity contribution is 6.33. The van der Waals surface area contributed by atoms with Crippen LogP contribution in [0.5, 0.6) is 5.75 Å². The quantitative estimate of drug-likeness (QED) is 0.718. The highest BCUT2D eigenvalue weighted by Crippen LogP contribution is 2.22. The van der Waals surface area contributed by atoms with E-state index in [2.05, 4.69) is 11.9 Å². The maximum Gasteiger partial charge on any atom is 0.238 e. The Hall–Kier alpha value is -2.37. The van der Waals surface area contributed by atoms with E-state index >= 15 is 0 Å². The van der Waals surface area contributed by atoms with Crippen molar-refractivity contribution in [2.24, 2.45) is 0 Å². The van der Waals surface area contributed by atoms with E-state index in [0.717, 1.165) is 17.4 Å². The van der Waals surface area contributed by atoms with Crippen molar-refractivity contribution in [3.05, 3.63) is 71.5 Å². The first-order valence-electron chi connectivity index (χ1n) is 7.74. The van der Waals surface area contributed by atoms with E-state index in [-0.39, 0.29) is 17.5 Å². The number of amides is 1. The van der Waals surface area contributed by atoms with E-state index in [0.29, 0.717) is 18.8 Å². The number of halogens is 2. The van der Waals surface area contributed by atoms with Gasteiger partial charge in [-0.2, -0.15) is 0 Å². The zero-order valence-corrected chi connectivity index (χ0v) is 14.7. The van der Waals surface area contributed by atoms with Gasteiger partial charge in [-0.25, -0.2) is 4.39 Å². The third-order valence-electron chi connectivity index (χ3n) is 3.36. The highest BCUT2D eigenvalue weighted by Gasteiger charge is 2.10. The molecule has 2 aromatic rings. The molecular formula is C19H20ClFN2O2. The van der Waals surface area contributed by atoms with Gasteiger partial charge in [-0.05, 0) is 42.9 Å². The molecule has 0 saturated heterocycles. The van der Waals surface area contributed by atoms with Gasteiger partial charge in [-0.1, -0.05) is 36.4 Å². The van der Waals surface area contributed by atoms with Crippen molar-refractivity contribution in [1.29, 1.82) is 0 Å². The molecule has 0 bridgehead atoms. The van der Waals surface area contributed by atoms with Gasteiger partial charge >= 0.3 is 0 Å². The Morgan fingerprint density at radius 2 is 2.04 bits per heavy atom. The van der Waals surface area contributed by atoms with Crippen LogP contribution in [-0.4, -0.2) is 31.0 Å². The minimum atomic E-state index is -0.444. The molecule has 0 aliphatic carbocycles. The van der Waals surface area contributed by atoms with E-state index in [1.54, 1.807) is 6.08 Å². The molecule has 4 nitrogen and oxygen atoms in total. The van der Waals surface area contributed by atoms with Crippen molar-refractivity contribution in [3.8, 4) is 5.75 Å². The van der Waals surface area contributed by atoms with Gasteiger partial charge in [0.1, 0.15) is 18.2 Å². The molecule has 0 saturated carbocycles. The number of hydrogen-bond donors (Lipinski definition) is 1. The minimum absolute atomic E-state index is 0.172. The number of benzene rings is 2. The molecule has 2 aromatic carbocycles. The Kier molecular flexibility index (Phi) is 6.98. The smallest absolute Gasteiger partial charge is 0.238 e. The molecule has 0 aromatic heterocycles. The van der Waals surface area contributed by atoms with Gasteiger partial charge in [0.15, 0.2) is 0 Å². The van der Waals surface area contributed by atoms with E-state index in [9.17, 15) is 9.18 Å². The summed E-state index contributed by atoms with van der Waals surface area (Å²) >= 11 is 5.90. The molecule has 0 heterocycles. The number of nitrogens with one attached hydrogen (secondary N) is 1. The van der Waals surface area contributed by atoms with Crippen molar-refractivity contribution in [1.82, 2.24) is 4.90 Å². The fourth-order valence-electron chi connectivity index (χ4n) is 2.24. The van der Waals surface area contributed by atoms with Gasteiger partial charge in [-0.3, -0.25) is 9.69 Å². The second kappa shape index (κ2) is 9.20. The lowest BCUT2D eigenvalue weighted by molar-refractivity contribution is -0.117. The molecule has 0 atom stereocenters. The molecule has 25 heavy (non-hydrogen) atoms. The Labute approximate surface area is 151 Å². The van der Waals surface area contributed by atoms with Crippen molar-refractivity contribution in [2.45, 2.75) is 6.54 Å². The topological polar surface area (TPSA) is 41.6 Å². The lowest BCUT2D eigenvalue weighted by Gasteiger charge is -2.17. The van der Waals surface area contributed by atoms with Gasteiger partial charge < -0.3 is 10.1 Å². The largest absolute Gasteiger partial charge is 0.490 e. The predicted molar refractivity (Wildman–Crippen MR) is 98.5 cm³/mol. The Balaban J connectivity index is 1.85. The number of ether oxygens (including phenoxy) is 1. The standard InChI is InChI=1S/C19H20ClFN2O2/c1-3-10-25-16-7-4-14(5-8-16)12-23(2)13-19(24)22-18-9-6-15(21)11-17(18)20/h3-9,11H,1,10,12-13H2,2H3,(H,22,24). The summed E-state index contributed by atoms with van der Waals surface area (Å²) in [6.07, 6.45) is 1.69. The summed E-state index contributed by atoms with van der Waals surface area (Å²) in [6, 6.07) is 11.5. The molecule has 6 heteroatoms. The number of carbonyl (C=O) groups is 1. The maximum atomic E-state index is 13.0. The molecule has 0 unspecified atom stereocenters. The fourth-order valence-corrected chi connectivity index (χ4v) is 2.45. The molecule has 132 valence electrons. The molecule has 1 N–H and O–H groups in total.